The highest BCUT2D eigenvalue weighted by Gasteiger charge is 2.26. The quantitative estimate of drug-likeness (QED) is 0.824. The Kier molecular flexibility index (Phi) is 5.06. The maximum Gasteiger partial charge on any atom is 0.223 e. The topological polar surface area (TPSA) is 61.0 Å². The highest BCUT2D eigenvalue weighted by molar-refractivity contribution is 6.31. The first-order valence-electron chi connectivity index (χ1n) is 8.35. The summed E-state index contributed by atoms with van der Waals surface area (Å²) in [5.41, 5.74) is 1.87. The van der Waals surface area contributed by atoms with E-state index in [2.05, 4.69) is 27.1 Å². The number of carbonyl (C=O) groups is 1. The molecule has 2 N–H and O–H groups in total. The van der Waals surface area contributed by atoms with Crippen LogP contribution < -0.4 is 10.2 Å². The van der Waals surface area contributed by atoms with Crippen LogP contribution in [-0.2, 0) is 4.79 Å². The summed E-state index contributed by atoms with van der Waals surface area (Å²) in [7, 11) is 0. The molecule has 6 heteroatoms. The molecule has 1 saturated heterocycles. The Morgan fingerprint density at radius 2 is 2.22 bits per heavy atom. The molecule has 1 aromatic carbocycles. The average molecular weight is 335 g/mol. The summed E-state index contributed by atoms with van der Waals surface area (Å²) in [6.07, 6.45) is 3.90. The van der Waals surface area contributed by atoms with E-state index in [0.29, 0.717) is 5.02 Å². The normalized spacial score (nSPS) is 16.0. The Balaban J connectivity index is 1.58. The highest BCUT2D eigenvalue weighted by atomic mass is 35.5. The van der Waals surface area contributed by atoms with Gasteiger partial charge in [-0.15, -0.1) is 0 Å². The lowest BCUT2D eigenvalue weighted by Gasteiger charge is -2.31. The third kappa shape index (κ3) is 3.78. The van der Waals surface area contributed by atoms with Gasteiger partial charge >= 0.3 is 0 Å². The van der Waals surface area contributed by atoms with Crippen molar-refractivity contribution in [3.05, 3.63) is 23.2 Å². The molecule has 2 heterocycles. The van der Waals surface area contributed by atoms with E-state index in [0.717, 1.165) is 62.3 Å². The zero-order chi connectivity index (χ0) is 16.2. The molecule has 23 heavy (non-hydrogen) atoms. The van der Waals surface area contributed by atoms with Gasteiger partial charge in [-0.1, -0.05) is 24.9 Å². The van der Waals surface area contributed by atoms with Crippen molar-refractivity contribution in [3.8, 4) is 0 Å². The number of piperidine rings is 1. The number of amides is 1. The van der Waals surface area contributed by atoms with E-state index >= 15 is 0 Å². The standard InChI is InChI=1S/C17H23ClN4O/c1-2-3-8-19-16(23)12-6-9-22(10-7-12)17-20-14-5-4-13(18)11-15(14)21-17/h4-5,11-12H,2-3,6-10H2,1H3,(H,19,23)(H,20,21). The Morgan fingerprint density at radius 1 is 1.43 bits per heavy atom. The van der Waals surface area contributed by atoms with Crippen LogP contribution in [0.2, 0.25) is 5.02 Å². The number of unbranched alkanes of at least 4 members (excludes halogenated alkanes) is 1. The summed E-state index contributed by atoms with van der Waals surface area (Å²) in [5, 5.41) is 3.74. The molecule has 2 aromatic rings. The number of halogens is 1. The van der Waals surface area contributed by atoms with Crippen molar-refractivity contribution in [1.82, 2.24) is 15.3 Å². The predicted molar refractivity (Wildman–Crippen MR) is 94.0 cm³/mol. The molecule has 1 fully saturated rings. The van der Waals surface area contributed by atoms with Gasteiger partial charge in [0.2, 0.25) is 11.9 Å². The number of benzene rings is 1. The molecule has 1 amide bonds. The number of nitrogens with zero attached hydrogens (tertiary/aromatic N) is 2. The number of hydrogen-bond acceptors (Lipinski definition) is 3. The number of imidazole rings is 1. The van der Waals surface area contributed by atoms with Gasteiger partial charge in [0.25, 0.3) is 0 Å². The predicted octanol–water partition coefficient (Wildman–Crippen LogP) is 3.35. The second kappa shape index (κ2) is 7.21. The summed E-state index contributed by atoms with van der Waals surface area (Å²) >= 11 is 6.01. The molecule has 0 bridgehead atoms. The van der Waals surface area contributed by atoms with Crippen LogP contribution in [0.5, 0.6) is 0 Å². The molecule has 1 aliphatic rings. The molecule has 0 radical (unpaired) electrons. The average Bonchev–Trinajstić information content (AvgIpc) is 2.98. The van der Waals surface area contributed by atoms with Crippen LogP contribution in [0.25, 0.3) is 11.0 Å². The van der Waals surface area contributed by atoms with E-state index in [1.807, 2.05) is 18.2 Å². The maximum absolute atomic E-state index is 12.1. The number of carbonyl (C=O) groups excluding carboxylic acids is 1. The van der Waals surface area contributed by atoms with E-state index < -0.39 is 0 Å². The first-order valence-corrected chi connectivity index (χ1v) is 8.73. The Labute approximate surface area is 141 Å². The zero-order valence-electron chi connectivity index (χ0n) is 13.4. The number of nitrogens with one attached hydrogen (secondary N) is 2. The minimum absolute atomic E-state index is 0.127. The molecule has 0 unspecified atom stereocenters. The van der Waals surface area contributed by atoms with Crippen molar-refractivity contribution in [2.75, 3.05) is 24.5 Å². The minimum Gasteiger partial charge on any atom is -0.356 e. The van der Waals surface area contributed by atoms with Gasteiger partial charge < -0.3 is 15.2 Å². The SMILES string of the molecule is CCCCNC(=O)C1CCN(c2nc3ccc(Cl)cc3[nH]2)CC1. The smallest absolute Gasteiger partial charge is 0.223 e. The minimum atomic E-state index is 0.127. The van der Waals surface area contributed by atoms with Gasteiger partial charge in [-0.3, -0.25) is 4.79 Å². The molecule has 5 nitrogen and oxygen atoms in total. The monoisotopic (exact) mass is 334 g/mol. The summed E-state index contributed by atoms with van der Waals surface area (Å²) in [5.74, 6) is 1.20. The molecule has 0 saturated carbocycles. The molecule has 0 spiro atoms. The number of rotatable bonds is 5. The number of fused-ring (bicyclic) bond motifs is 1. The fourth-order valence-electron chi connectivity index (χ4n) is 3.00. The molecule has 3 rings (SSSR count). The van der Waals surface area contributed by atoms with E-state index in [-0.39, 0.29) is 11.8 Å². The number of hydrogen-bond donors (Lipinski definition) is 2. The van der Waals surface area contributed by atoms with E-state index in [4.69, 9.17) is 11.6 Å². The van der Waals surface area contributed by atoms with Gasteiger partial charge in [0.15, 0.2) is 0 Å². The highest BCUT2D eigenvalue weighted by Crippen LogP contribution is 2.25. The van der Waals surface area contributed by atoms with Gasteiger partial charge in [0.05, 0.1) is 11.0 Å². The lowest BCUT2D eigenvalue weighted by molar-refractivity contribution is -0.125. The number of aromatic amines is 1. The molecular weight excluding hydrogens is 312 g/mol. The van der Waals surface area contributed by atoms with Crippen molar-refractivity contribution >= 4 is 34.5 Å². The Morgan fingerprint density at radius 3 is 2.96 bits per heavy atom. The summed E-state index contributed by atoms with van der Waals surface area (Å²) < 4.78 is 0. The van der Waals surface area contributed by atoms with Gasteiger partial charge in [0, 0.05) is 30.6 Å². The van der Waals surface area contributed by atoms with Crippen LogP contribution in [0, 0.1) is 5.92 Å². The van der Waals surface area contributed by atoms with Crippen LogP contribution in [0.4, 0.5) is 5.95 Å². The molecular formula is C17H23ClN4O. The summed E-state index contributed by atoms with van der Waals surface area (Å²) in [6.45, 7) is 4.61. The van der Waals surface area contributed by atoms with Crippen molar-refractivity contribution in [2.24, 2.45) is 5.92 Å². The van der Waals surface area contributed by atoms with E-state index in [9.17, 15) is 4.79 Å². The van der Waals surface area contributed by atoms with Crippen LogP contribution >= 0.6 is 11.6 Å². The second-order valence-electron chi connectivity index (χ2n) is 6.13. The number of aromatic nitrogens is 2. The van der Waals surface area contributed by atoms with Crippen LogP contribution in [-0.4, -0.2) is 35.5 Å². The molecule has 1 aliphatic heterocycles. The Hall–Kier alpha value is -1.75. The number of H-pyrrole nitrogens is 1. The molecule has 0 aliphatic carbocycles. The lowest BCUT2D eigenvalue weighted by atomic mass is 9.96. The van der Waals surface area contributed by atoms with E-state index in [1.165, 1.54) is 0 Å². The second-order valence-corrected chi connectivity index (χ2v) is 6.56. The lowest BCUT2D eigenvalue weighted by Crippen LogP contribution is -2.41. The van der Waals surface area contributed by atoms with Crippen LogP contribution in [0.1, 0.15) is 32.6 Å². The fraction of sp³-hybridized carbons (Fsp3) is 0.529. The molecule has 124 valence electrons. The largest absolute Gasteiger partial charge is 0.356 e. The third-order valence-electron chi connectivity index (χ3n) is 4.43. The van der Waals surface area contributed by atoms with Crippen molar-refractivity contribution < 1.29 is 4.79 Å². The third-order valence-corrected chi connectivity index (χ3v) is 4.66. The summed E-state index contributed by atoms with van der Waals surface area (Å²) in [4.78, 5) is 22.3. The maximum atomic E-state index is 12.1. The first kappa shape index (κ1) is 16.1. The molecule has 1 aromatic heterocycles. The Bertz CT molecular complexity index is 676. The zero-order valence-corrected chi connectivity index (χ0v) is 14.2. The van der Waals surface area contributed by atoms with Gasteiger partial charge in [-0.05, 0) is 37.5 Å². The number of anilines is 1. The van der Waals surface area contributed by atoms with E-state index in [1.54, 1.807) is 0 Å². The van der Waals surface area contributed by atoms with Gasteiger partial charge in [-0.25, -0.2) is 4.98 Å². The van der Waals surface area contributed by atoms with Gasteiger partial charge in [-0.2, -0.15) is 0 Å². The fourth-order valence-corrected chi connectivity index (χ4v) is 3.18. The van der Waals surface area contributed by atoms with Crippen LogP contribution in [0.3, 0.4) is 0 Å². The van der Waals surface area contributed by atoms with Crippen LogP contribution in [0.15, 0.2) is 18.2 Å². The molecule has 0 atom stereocenters. The first-order chi connectivity index (χ1) is 11.2. The van der Waals surface area contributed by atoms with Crippen molar-refractivity contribution in [3.63, 3.8) is 0 Å². The summed E-state index contributed by atoms with van der Waals surface area (Å²) in [6, 6.07) is 5.66. The van der Waals surface area contributed by atoms with Crippen molar-refractivity contribution in [2.45, 2.75) is 32.6 Å². The van der Waals surface area contributed by atoms with Crippen molar-refractivity contribution in [1.29, 1.82) is 0 Å². The van der Waals surface area contributed by atoms with Gasteiger partial charge in [0.1, 0.15) is 0 Å².